The van der Waals surface area contributed by atoms with Crippen LogP contribution in [-0.2, 0) is 11.2 Å². The summed E-state index contributed by atoms with van der Waals surface area (Å²) in [6, 6.07) is 7.94. The highest BCUT2D eigenvalue weighted by molar-refractivity contribution is 7.14. The third-order valence-electron chi connectivity index (χ3n) is 4.97. The number of methoxy groups -OCH3 is 1. The maximum atomic E-state index is 12.7. The van der Waals surface area contributed by atoms with Gasteiger partial charge in [0.05, 0.1) is 25.4 Å². The standard InChI is InChI=1S/C21H22N6O3S/c1-30-17-4-2-16(3-5-17)26-8-10-27(11-9-26)19(28)12-15-14-31-21(24-15)25-20(29)18-13-22-6-7-23-18/h2-7,13-14H,8-12H2,1H3,(H,24,25,29). The molecule has 1 aromatic carbocycles. The molecule has 31 heavy (non-hydrogen) atoms. The van der Waals surface area contributed by atoms with Crippen molar-refractivity contribution in [1.82, 2.24) is 19.9 Å². The molecule has 3 aromatic rings. The normalized spacial score (nSPS) is 13.7. The van der Waals surface area contributed by atoms with Crippen LogP contribution in [0.5, 0.6) is 5.75 Å². The minimum atomic E-state index is -0.380. The molecule has 0 radical (unpaired) electrons. The van der Waals surface area contributed by atoms with E-state index in [2.05, 4.69) is 25.2 Å². The molecular weight excluding hydrogens is 416 g/mol. The fraction of sp³-hybridized carbons (Fsp3) is 0.286. The average molecular weight is 439 g/mol. The second-order valence-corrected chi connectivity index (χ2v) is 7.79. The Hall–Kier alpha value is -3.53. The fourth-order valence-electron chi connectivity index (χ4n) is 3.30. The third kappa shape index (κ3) is 5.15. The number of anilines is 2. The number of ether oxygens (including phenoxy) is 1. The van der Waals surface area contributed by atoms with Crippen LogP contribution in [0.15, 0.2) is 48.2 Å². The molecule has 0 saturated carbocycles. The zero-order valence-electron chi connectivity index (χ0n) is 17.0. The molecule has 0 bridgehead atoms. The Kier molecular flexibility index (Phi) is 6.37. The summed E-state index contributed by atoms with van der Waals surface area (Å²) in [5, 5.41) is 4.91. The van der Waals surface area contributed by atoms with Crippen LogP contribution < -0.4 is 15.0 Å². The predicted molar refractivity (Wildman–Crippen MR) is 118 cm³/mol. The molecule has 1 aliphatic heterocycles. The molecule has 10 heteroatoms. The first-order valence-electron chi connectivity index (χ1n) is 9.81. The van der Waals surface area contributed by atoms with Crippen molar-refractivity contribution in [2.75, 3.05) is 43.5 Å². The first-order chi connectivity index (χ1) is 15.1. The molecule has 1 N–H and O–H groups in total. The number of nitrogens with zero attached hydrogens (tertiary/aromatic N) is 5. The van der Waals surface area contributed by atoms with Crippen molar-refractivity contribution in [3.63, 3.8) is 0 Å². The van der Waals surface area contributed by atoms with Gasteiger partial charge in [-0.1, -0.05) is 0 Å². The van der Waals surface area contributed by atoms with E-state index in [1.54, 1.807) is 12.5 Å². The van der Waals surface area contributed by atoms with Crippen LogP contribution in [-0.4, -0.2) is 65.0 Å². The third-order valence-corrected chi connectivity index (χ3v) is 5.78. The van der Waals surface area contributed by atoms with Crippen molar-refractivity contribution >= 4 is 34.0 Å². The fourth-order valence-corrected chi connectivity index (χ4v) is 4.00. The highest BCUT2D eigenvalue weighted by Crippen LogP contribution is 2.21. The molecule has 2 aromatic heterocycles. The van der Waals surface area contributed by atoms with Crippen LogP contribution in [0.1, 0.15) is 16.2 Å². The molecule has 2 amide bonds. The van der Waals surface area contributed by atoms with Crippen LogP contribution >= 0.6 is 11.3 Å². The Morgan fingerprint density at radius 2 is 1.90 bits per heavy atom. The van der Waals surface area contributed by atoms with Crippen molar-refractivity contribution in [3.05, 3.63) is 59.6 Å². The quantitative estimate of drug-likeness (QED) is 0.629. The first kappa shape index (κ1) is 20.7. The van der Waals surface area contributed by atoms with Crippen molar-refractivity contribution < 1.29 is 14.3 Å². The summed E-state index contributed by atoms with van der Waals surface area (Å²) in [6.45, 7) is 2.86. The zero-order chi connectivity index (χ0) is 21.6. The number of carbonyl (C=O) groups excluding carboxylic acids is 2. The Balaban J connectivity index is 1.28. The minimum absolute atomic E-state index is 0.0338. The molecular formula is C21H22N6O3S. The van der Waals surface area contributed by atoms with Gasteiger partial charge in [-0.05, 0) is 24.3 Å². The second kappa shape index (κ2) is 9.52. The number of piperazine rings is 1. The van der Waals surface area contributed by atoms with Crippen LogP contribution in [0, 0.1) is 0 Å². The average Bonchev–Trinajstić information content (AvgIpc) is 3.26. The van der Waals surface area contributed by atoms with Crippen molar-refractivity contribution in [2.24, 2.45) is 0 Å². The number of nitrogens with one attached hydrogen (secondary N) is 1. The van der Waals surface area contributed by atoms with Crippen LogP contribution in [0.3, 0.4) is 0 Å². The number of hydrogen-bond donors (Lipinski definition) is 1. The van der Waals surface area contributed by atoms with Gasteiger partial charge in [0, 0.05) is 49.6 Å². The maximum Gasteiger partial charge on any atom is 0.277 e. The van der Waals surface area contributed by atoms with Crippen LogP contribution in [0.25, 0.3) is 0 Å². The molecule has 0 atom stereocenters. The molecule has 4 rings (SSSR count). The Labute approximate surface area is 183 Å². The summed E-state index contributed by atoms with van der Waals surface area (Å²) in [6.07, 6.45) is 4.55. The van der Waals surface area contributed by atoms with Crippen molar-refractivity contribution in [1.29, 1.82) is 0 Å². The summed E-state index contributed by atoms with van der Waals surface area (Å²) in [7, 11) is 1.65. The van der Waals surface area contributed by atoms with E-state index in [9.17, 15) is 9.59 Å². The summed E-state index contributed by atoms with van der Waals surface area (Å²) in [5.41, 5.74) is 1.97. The lowest BCUT2D eigenvalue weighted by Crippen LogP contribution is -2.49. The summed E-state index contributed by atoms with van der Waals surface area (Å²) in [5.74, 6) is 0.481. The summed E-state index contributed by atoms with van der Waals surface area (Å²) in [4.78, 5) is 41.1. The maximum absolute atomic E-state index is 12.7. The number of hydrogen-bond acceptors (Lipinski definition) is 8. The van der Waals surface area contributed by atoms with E-state index in [1.807, 2.05) is 29.2 Å². The summed E-state index contributed by atoms with van der Waals surface area (Å²) >= 11 is 1.28. The number of thiazole rings is 1. The van der Waals surface area contributed by atoms with Gasteiger partial charge in [0.25, 0.3) is 5.91 Å². The lowest BCUT2D eigenvalue weighted by molar-refractivity contribution is -0.130. The molecule has 1 saturated heterocycles. The SMILES string of the molecule is COc1ccc(N2CCN(C(=O)Cc3csc(NC(=O)c4cnccn4)n3)CC2)cc1. The van der Waals surface area contributed by atoms with E-state index in [0.717, 1.165) is 24.5 Å². The van der Waals surface area contributed by atoms with E-state index < -0.39 is 0 Å². The predicted octanol–water partition coefficient (Wildman–Crippen LogP) is 2.09. The van der Waals surface area contributed by atoms with E-state index in [4.69, 9.17) is 4.74 Å². The highest BCUT2D eigenvalue weighted by atomic mass is 32.1. The van der Waals surface area contributed by atoms with Crippen LogP contribution in [0.4, 0.5) is 10.8 Å². The number of rotatable bonds is 6. The van der Waals surface area contributed by atoms with Gasteiger partial charge in [0.15, 0.2) is 5.13 Å². The Bertz CT molecular complexity index is 1030. The molecule has 0 unspecified atom stereocenters. The smallest absolute Gasteiger partial charge is 0.277 e. The van der Waals surface area contributed by atoms with E-state index in [-0.39, 0.29) is 23.9 Å². The highest BCUT2D eigenvalue weighted by Gasteiger charge is 2.22. The van der Waals surface area contributed by atoms with E-state index in [1.165, 1.54) is 29.9 Å². The van der Waals surface area contributed by atoms with Crippen molar-refractivity contribution in [3.8, 4) is 5.75 Å². The van der Waals surface area contributed by atoms with Gasteiger partial charge in [-0.25, -0.2) is 9.97 Å². The zero-order valence-corrected chi connectivity index (χ0v) is 17.8. The molecule has 1 aliphatic rings. The van der Waals surface area contributed by atoms with E-state index in [0.29, 0.717) is 23.9 Å². The molecule has 3 heterocycles. The largest absolute Gasteiger partial charge is 0.497 e. The first-order valence-corrected chi connectivity index (χ1v) is 10.7. The Morgan fingerprint density at radius 1 is 1.13 bits per heavy atom. The van der Waals surface area contributed by atoms with Crippen LogP contribution in [0.2, 0.25) is 0 Å². The van der Waals surface area contributed by atoms with Gasteiger partial charge >= 0.3 is 0 Å². The summed E-state index contributed by atoms with van der Waals surface area (Å²) < 4.78 is 5.20. The number of amides is 2. The topological polar surface area (TPSA) is 101 Å². The Morgan fingerprint density at radius 3 is 2.58 bits per heavy atom. The monoisotopic (exact) mass is 438 g/mol. The van der Waals surface area contributed by atoms with Gasteiger partial charge in [0.2, 0.25) is 5.91 Å². The second-order valence-electron chi connectivity index (χ2n) is 6.93. The number of carbonyl (C=O) groups is 2. The number of benzene rings is 1. The molecule has 160 valence electrons. The molecule has 1 fully saturated rings. The van der Waals surface area contributed by atoms with Gasteiger partial charge in [-0.2, -0.15) is 0 Å². The molecule has 9 nitrogen and oxygen atoms in total. The van der Waals surface area contributed by atoms with Gasteiger partial charge in [0.1, 0.15) is 11.4 Å². The lowest BCUT2D eigenvalue weighted by atomic mass is 10.2. The van der Waals surface area contributed by atoms with Gasteiger partial charge in [-0.3, -0.25) is 19.9 Å². The number of aromatic nitrogens is 3. The molecule has 0 spiro atoms. The van der Waals surface area contributed by atoms with E-state index >= 15 is 0 Å². The van der Waals surface area contributed by atoms with Gasteiger partial charge in [-0.15, -0.1) is 11.3 Å². The lowest BCUT2D eigenvalue weighted by Gasteiger charge is -2.36. The molecule has 0 aliphatic carbocycles. The van der Waals surface area contributed by atoms with Crippen molar-refractivity contribution in [2.45, 2.75) is 6.42 Å². The minimum Gasteiger partial charge on any atom is -0.497 e. The van der Waals surface area contributed by atoms with Gasteiger partial charge < -0.3 is 14.5 Å².